The SMILES string of the molecule is CC(C)COc1ccc(C(=O)NC(=Cc2ccc(OC(C)C)cc2)C(=O)NCCO)cn1. The summed E-state index contributed by atoms with van der Waals surface area (Å²) in [6.07, 6.45) is 3.00. The Morgan fingerprint density at radius 3 is 2.38 bits per heavy atom. The van der Waals surface area contributed by atoms with Crippen LogP contribution in [0.2, 0.25) is 0 Å². The van der Waals surface area contributed by atoms with Crippen molar-refractivity contribution in [1.82, 2.24) is 15.6 Å². The molecule has 0 atom stereocenters. The van der Waals surface area contributed by atoms with Crippen molar-refractivity contribution >= 4 is 17.9 Å². The molecule has 0 fully saturated rings. The van der Waals surface area contributed by atoms with Crippen LogP contribution in [0.5, 0.6) is 11.6 Å². The molecule has 8 heteroatoms. The van der Waals surface area contributed by atoms with E-state index in [1.54, 1.807) is 42.5 Å². The Morgan fingerprint density at radius 1 is 1.09 bits per heavy atom. The van der Waals surface area contributed by atoms with Gasteiger partial charge in [-0.05, 0) is 49.6 Å². The Bertz CT molecular complexity index is 906. The summed E-state index contributed by atoms with van der Waals surface area (Å²) >= 11 is 0. The minimum absolute atomic E-state index is 0.0427. The molecule has 0 unspecified atom stereocenters. The first-order valence-corrected chi connectivity index (χ1v) is 10.6. The van der Waals surface area contributed by atoms with Crippen LogP contribution >= 0.6 is 0 Å². The number of carbonyl (C=O) groups is 2. The van der Waals surface area contributed by atoms with Crippen molar-refractivity contribution in [2.24, 2.45) is 5.92 Å². The zero-order valence-electron chi connectivity index (χ0n) is 18.9. The van der Waals surface area contributed by atoms with E-state index in [1.165, 1.54) is 6.20 Å². The van der Waals surface area contributed by atoms with Gasteiger partial charge in [-0.25, -0.2) is 4.98 Å². The van der Waals surface area contributed by atoms with Crippen LogP contribution in [0.4, 0.5) is 0 Å². The highest BCUT2D eigenvalue weighted by atomic mass is 16.5. The number of aromatic nitrogens is 1. The first-order chi connectivity index (χ1) is 15.3. The monoisotopic (exact) mass is 441 g/mol. The van der Waals surface area contributed by atoms with Gasteiger partial charge >= 0.3 is 0 Å². The van der Waals surface area contributed by atoms with E-state index >= 15 is 0 Å². The van der Waals surface area contributed by atoms with E-state index in [0.717, 1.165) is 0 Å². The lowest BCUT2D eigenvalue weighted by atomic mass is 10.1. The van der Waals surface area contributed by atoms with E-state index in [0.29, 0.717) is 29.7 Å². The van der Waals surface area contributed by atoms with E-state index in [1.807, 2.05) is 27.7 Å². The average Bonchev–Trinajstić information content (AvgIpc) is 2.76. The zero-order valence-corrected chi connectivity index (χ0v) is 18.9. The molecular weight excluding hydrogens is 410 g/mol. The number of pyridine rings is 1. The second kappa shape index (κ2) is 12.5. The minimum atomic E-state index is -0.514. The van der Waals surface area contributed by atoms with Crippen LogP contribution in [0.25, 0.3) is 6.08 Å². The van der Waals surface area contributed by atoms with Gasteiger partial charge in [0.25, 0.3) is 11.8 Å². The van der Waals surface area contributed by atoms with Gasteiger partial charge in [0.2, 0.25) is 5.88 Å². The van der Waals surface area contributed by atoms with Crippen molar-refractivity contribution in [3.8, 4) is 11.6 Å². The molecule has 0 radical (unpaired) electrons. The number of hydrogen-bond acceptors (Lipinski definition) is 6. The van der Waals surface area contributed by atoms with Gasteiger partial charge in [0, 0.05) is 18.8 Å². The molecule has 1 aromatic carbocycles. The maximum atomic E-state index is 12.7. The van der Waals surface area contributed by atoms with Gasteiger partial charge in [0.15, 0.2) is 0 Å². The lowest BCUT2D eigenvalue weighted by Gasteiger charge is -2.12. The van der Waals surface area contributed by atoms with Crippen LogP contribution in [-0.4, -0.2) is 47.8 Å². The third-order valence-electron chi connectivity index (χ3n) is 4.02. The van der Waals surface area contributed by atoms with E-state index in [-0.39, 0.29) is 30.5 Å². The fourth-order valence-corrected chi connectivity index (χ4v) is 2.55. The number of hydrogen-bond donors (Lipinski definition) is 3. The quantitative estimate of drug-likeness (QED) is 0.463. The highest BCUT2D eigenvalue weighted by molar-refractivity contribution is 6.05. The number of nitrogens with one attached hydrogen (secondary N) is 2. The number of nitrogens with zero attached hydrogens (tertiary/aromatic N) is 1. The van der Waals surface area contributed by atoms with Gasteiger partial charge < -0.3 is 25.2 Å². The zero-order chi connectivity index (χ0) is 23.5. The third-order valence-corrected chi connectivity index (χ3v) is 4.02. The van der Waals surface area contributed by atoms with E-state index in [9.17, 15) is 9.59 Å². The van der Waals surface area contributed by atoms with Crippen LogP contribution in [0, 0.1) is 5.92 Å². The van der Waals surface area contributed by atoms with Gasteiger partial charge in [-0.2, -0.15) is 0 Å². The largest absolute Gasteiger partial charge is 0.491 e. The van der Waals surface area contributed by atoms with Crippen LogP contribution < -0.4 is 20.1 Å². The summed E-state index contributed by atoms with van der Waals surface area (Å²) < 4.78 is 11.1. The first-order valence-electron chi connectivity index (χ1n) is 10.6. The fourth-order valence-electron chi connectivity index (χ4n) is 2.55. The Labute approximate surface area is 188 Å². The molecule has 0 bridgehead atoms. The fraction of sp³-hybridized carbons (Fsp3) is 0.375. The van der Waals surface area contributed by atoms with Crippen molar-refractivity contribution < 1.29 is 24.2 Å². The van der Waals surface area contributed by atoms with Crippen LogP contribution in [0.1, 0.15) is 43.6 Å². The molecule has 32 heavy (non-hydrogen) atoms. The van der Waals surface area contributed by atoms with Crippen LogP contribution in [0.3, 0.4) is 0 Å². The normalized spacial score (nSPS) is 11.4. The summed E-state index contributed by atoms with van der Waals surface area (Å²) in [5.74, 6) is 0.488. The summed E-state index contributed by atoms with van der Waals surface area (Å²) in [6.45, 7) is 8.31. The van der Waals surface area contributed by atoms with Gasteiger partial charge in [-0.3, -0.25) is 9.59 Å². The number of ether oxygens (including phenoxy) is 2. The average molecular weight is 442 g/mol. The minimum Gasteiger partial charge on any atom is -0.491 e. The van der Waals surface area contributed by atoms with Crippen molar-refractivity contribution in [1.29, 1.82) is 0 Å². The topological polar surface area (TPSA) is 110 Å². The summed E-state index contributed by atoms with van der Waals surface area (Å²) in [4.78, 5) is 29.4. The van der Waals surface area contributed by atoms with Crippen molar-refractivity contribution in [2.75, 3.05) is 19.8 Å². The van der Waals surface area contributed by atoms with Crippen LogP contribution in [0.15, 0.2) is 48.3 Å². The maximum Gasteiger partial charge on any atom is 0.267 e. The predicted molar refractivity (Wildman–Crippen MR) is 122 cm³/mol. The summed E-state index contributed by atoms with van der Waals surface area (Å²) in [7, 11) is 0. The second-order valence-electron chi connectivity index (χ2n) is 7.82. The molecule has 172 valence electrons. The lowest BCUT2D eigenvalue weighted by molar-refractivity contribution is -0.117. The molecule has 2 aromatic rings. The van der Waals surface area contributed by atoms with E-state index in [2.05, 4.69) is 15.6 Å². The van der Waals surface area contributed by atoms with Crippen molar-refractivity contribution in [3.05, 3.63) is 59.4 Å². The smallest absolute Gasteiger partial charge is 0.267 e. The highest BCUT2D eigenvalue weighted by Crippen LogP contribution is 2.16. The van der Waals surface area contributed by atoms with Crippen molar-refractivity contribution in [3.63, 3.8) is 0 Å². The Balaban J connectivity index is 2.16. The van der Waals surface area contributed by atoms with Crippen LogP contribution in [-0.2, 0) is 4.79 Å². The molecule has 0 aliphatic carbocycles. The molecular formula is C24H31N3O5. The maximum absolute atomic E-state index is 12.7. The number of aliphatic hydroxyl groups is 1. The molecule has 1 heterocycles. The molecule has 0 saturated carbocycles. The molecule has 1 aromatic heterocycles. The summed E-state index contributed by atoms with van der Waals surface area (Å²) in [6, 6.07) is 10.3. The molecule has 0 spiro atoms. The predicted octanol–water partition coefficient (Wildman–Crippen LogP) is 2.78. The van der Waals surface area contributed by atoms with E-state index < -0.39 is 11.8 Å². The summed E-state index contributed by atoms with van der Waals surface area (Å²) in [5, 5.41) is 14.2. The number of rotatable bonds is 11. The molecule has 2 rings (SSSR count). The van der Waals surface area contributed by atoms with Gasteiger partial charge in [-0.15, -0.1) is 0 Å². The molecule has 8 nitrogen and oxygen atoms in total. The summed E-state index contributed by atoms with van der Waals surface area (Å²) in [5.41, 5.74) is 1.02. The Kier molecular flexibility index (Phi) is 9.69. The number of amides is 2. The molecule has 0 saturated heterocycles. The van der Waals surface area contributed by atoms with Gasteiger partial charge in [0.05, 0.1) is 24.9 Å². The second-order valence-corrected chi connectivity index (χ2v) is 7.82. The van der Waals surface area contributed by atoms with Gasteiger partial charge in [-0.1, -0.05) is 26.0 Å². The van der Waals surface area contributed by atoms with Gasteiger partial charge in [0.1, 0.15) is 11.4 Å². The number of aliphatic hydroxyl groups excluding tert-OH is 1. The first kappa shape index (κ1) is 24.9. The molecule has 0 aliphatic rings. The Hall–Kier alpha value is -3.39. The lowest BCUT2D eigenvalue weighted by Crippen LogP contribution is -2.36. The standard InChI is InChI=1S/C24H31N3O5/c1-16(2)15-31-22-10-7-19(14-26-22)23(29)27-21(24(30)25-11-12-28)13-18-5-8-20(9-6-18)32-17(3)4/h5-10,13-14,16-17,28H,11-12,15H2,1-4H3,(H,25,30)(H,27,29). The Morgan fingerprint density at radius 2 is 1.81 bits per heavy atom. The van der Waals surface area contributed by atoms with Crippen molar-refractivity contribution in [2.45, 2.75) is 33.8 Å². The third kappa shape index (κ3) is 8.39. The highest BCUT2D eigenvalue weighted by Gasteiger charge is 2.15. The molecule has 3 N–H and O–H groups in total. The van der Waals surface area contributed by atoms with E-state index in [4.69, 9.17) is 14.6 Å². The molecule has 2 amide bonds. The number of benzene rings is 1. The molecule has 0 aliphatic heterocycles. The number of carbonyl (C=O) groups excluding carboxylic acids is 2.